The van der Waals surface area contributed by atoms with Gasteiger partial charge in [-0.3, -0.25) is 14.9 Å². The highest BCUT2D eigenvalue weighted by molar-refractivity contribution is 7.13. The van der Waals surface area contributed by atoms with E-state index < -0.39 is 0 Å². The third kappa shape index (κ3) is 5.45. The molecule has 7 heteroatoms. The fourth-order valence-electron chi connectivity index (χ4n) is 2.78. The first-order valence-corrected chi connectivity index (χ1v) is 10.6. The summed E-state index contributed by atoms with van der Waals surface area (Å²) in [6.45, 7) is 6.39. The maximum atomic E-state index is 12.5. The number of benzene rings is 2. The van der Waals surface area contributed by atoms with E-state index in [-0.39, 0.29) is 23.8 Å². The minimum Gasteiger partial charge on any atom is -0.484 e. The Morgan fingerprint density at radius 3 is 2.47 bits per heavy atom. The van der Waals surface area contributed by atoms with Crippen LogP contribution in [0.5, 0.6) is 5.75 Å². The van der Waals surface area contributed by atoms with Crippen molar-refractivity contribution in [3.05, 3.63) is 71.2 Å². The van der Waals surface area contributed by atoms with Crippen LogP contribution < -0.4 is 15.4 Å². The van der Waals surface area contributed by atoms with Gasteiger partial charge < -0.3 is 10.1 Å². The molecule has 3 aromatic rings. The van der Waals surface area contributed by atoms with Gasteiger partial charge in [0.2, 0.25) is 0 Å². The van der Waals surface area contributed by atoms with Crippen molar-refractivity contribution < 1.29 is 14.3 Å². The van der Waals surface area contributed by atoms with Gasteiger partial charge in [-0.15, -0.1) is 11.3 Å². The molecular formula is C23H25N3O3S. The van der Waals surface area contributed by atoms with E-state index in [9.17, 15) is 9.59 Å². The normalized spacial score (nSPS) is 11.0. The fraction of sp³-hybridized carbons (Fsp3) is 0.261. The molecule has 30 heavy (non-hydrogen) atoms. The van der Waals surface area contributed by atoms with Crippen LogP contribution in [0.2, 0.25) is 0 Å². The topological polar surface area (TPSA) is 80.3 Å². The summed E-state index contributed by atoms with van der Waals surface area (Å²) >= 11 is 1.32. The zero-order chi connectivity index (χ0) is 21.6. The van der Waals surface area contributed by atoms with Gasteiger partial charge in [-0.1, -0.05) is 45.0 Å². The van der Waals surface area contributed by atoms with Crippen LogP contribution in [0.4, 0.5) is 10.8 Å². The zero-order valence-corrected chi connectivity index (χ0v) is 18.1. The van der Waals surface area contributed by atoms with E-state index in [1.165, 1.54) is 16.9 Å². The summed E-state index contributed by atoms with van der Waals surface area (Å²) in [5, 5.41) is 7.74. The molecular weight excluding hydrogens is 398 g/mol. The van der Waals surface area contributed by atoms with Crippen LogP contribution >= 0.6 is 11.3 Å². The van der Waals surface area contributed by atoms with Crippen LogP contribution in [-0.4, -0.2) is 23.4 Å². The molecule has 1 heterocycles. The summed E-state index contributed by atoms with van der Waals surface area (Å²) in [5.41, 5.74) is 2.09. The van der Waals surface area contributed by atoms with Gasteiger partial charge >= 0.3 is 0 Å². The van der Waals surface area contributed by atoms with Crippen molar-refractivity contribution in [3.63, 3.8) is 0 Å². The van der Waals surface area contributed by atoms with Crippen LogP contribution in [0.15, 0.2) is 60.1 Å². The Morgan fingerprint density at radius 2 is 1.80 bits per heavy atom. The Hall–Kier alpha value is -3.19. The number of hydrogen-bond donors (Lipinski definition) is 2. The summed E-state index contributed by atoms with van der Waals surface area (Å²) in [6, 6.07) is 14.6. The van der Waals surface area contributed by atoms with Crippen LogP contribution in [0.25, 0.3) is 0 Å². The number of nitrogens with one attached hydrogen (secondary N) is 2. The summed E-state index contributed by atoms with van der Waals surface area (Å²) in [7, 11) is 0. The first-order chi connectivity index (χ1) is 14.4. The predicted molar refractivity (Wildman–Crippen MR) is 120 cm³/mol. The van der Waals surface area contributed by atoms with Crippen molar-refractivity contribution in [3.8, 4) is 5.75 Å². The minimum absolute atomic E-state index is 0.0961. The second-order valence-electron chi connectivity index (χ2n) is 7.44. The summed E-state index contributed by atoms with van der Waals surface area (Å²) < 4.78 is 5.61. The molecule has 2 amide bonds. The number of amides is 2. The van der Waals surface area contributed by atoms with Gasteiger partial charge in [-0.05, 0) is 41.7 Å². The lowest BCUT2D eigenvalue weighted by molar-refractivity contribution is -0.118. The lowest BCUT2D eigenvalue weighted by atomic mass is 9.82. The Morgan fingerprint density at radius 1 is 1.07 bits per heavy atom. The molecule has 0 saturated heterocycles. The molecule has 156 valence electrons. The molecule has 0 fully saturated rings. The Bertz CT molecular complexity index is 999. The molecule has 0 radical (unpaired) electrons. The molecule has 0 saturated carbocycles. The number of carbonyl (C=O) groups is 2. The van der Waals surface area contributed by atoms with E-state index >= 15 is 0 Å². The van der Waals surface area contributed by atoms with E-state index in [0.717, 1.165) is 6.42 Å². The van der Waals surface area contributed by atoms with Crippen molar-refractivity contribution in [1.29, 1.82) is 0 Å². The molecule has 0 aliphatic heterocycles. The van der Waals surface area contributed by atoms with E-state index in [0.29, 0.717) is 22.1 Å². The second kappa shape index (κ2) is 9.54. The molecule has 0 atom stereocenters. The molecule has 3 rings (SSSR count). The number of rotatable bonds is 8. The third-order valence-corrected chi connectivity index (χ3v) is 5.68. The quantitative estimate of drug-likeness (QED) is 0.528. The smallest absolute Gasteiger partial charge is 0.262 e. The van der Waals surface area contributed by atoms with Crippen LogP contribution in [0, 0.1) is 0 Å². The largest absolute Gasteiger partial charge is 0.484 e. The molecule has 0 spiro atoms. The van der Waals surface area contributed by atoms with E-state index in [2.05, 4.69) is 36.4 Å². The average molecular weight is 424 g/mol. The maximum absolute atomic E-state index is 12.5. The average Bonchev–Trinajstić information content (AvgIpc) is 3.26. The number of para-hydroxylation sites is 1. The van der Waals surface area contributed by atoms with Crippen molar-refractivity contribution in [1.82, 2.24) is 4.98 Å². The number of thiazole rings is 1. The number of aromatic nitrogens is 1. The zero-order valence-electron chi connectivity index (χ0n) is 17.3. The molecule has 6 nitrogen and oxygen atoms in total. The molecule has 0 aliphatic carbocycles. The number of nitrogens with zero attached hydrogens (tertiary/aromatic N) is 1. The molecule has 2 N–H and O–H groups in total. The monoisotopic (exact) mass is 423 g/mol. The van der Waals surface area contributed by atoms with Crippen molar-refractivity contribution in [2.75, 3.05) is 17.2 Å². The first kappa shape index (κ1) is 21.5. The fourth-order valence-corrected chi connectivity index (χ4v) is 3.31. The molecule has 0 unspecified atom stereocenters. The lowest BCUT2D eigenvalue weighted by Crippen LogP contribution is -2.23. The van der Waals surface area contributed by atoms with Gasteiger partial charge in [-0.25, -0.2) is 4.98 Å². The Balaban J connectivity index is 1.59. The van der Waals surface area contributed by atoms with Gasteiger partial charge in [0.15, 0.2) is 11.7 Å². The van der Waals surface area contributed by atoms with Crippen LogP contribution in [-0.2, 0) is 10.2 Å². The van der Waals surface area contributed by atoms with Gasteiger partial charge in [0.05, 0.1) is 11.3 Å². The SMILES string of the molecule is CCC(C)(C)c1ccc(OCC(=O)Nc2ccccc2C(=O)Nc2nccs2)cc1. The number of hydrogen-bond acceptors (Lipinski definition) is 5. The van der Waals surface area contributed by atoms with Crippen LogP contribution in [0.3, 0.4) is 0 Å². The summed E-state index contributed by atoms with van der Waals surface area (Å²) in [5.74, 6) is -0.0611. The molecule has 0 bridgehead atoms. The number of ether oxygens (including phenoxy) is 1. The number of anilines is 2. The maximum Gasteiger partial charge on any atom is 0.262 e. The highest BCUT2D eigenvalue weighted by Crippen LogP contribution is 2.28. The van der Waals surface area contributed by atoms with Gasteiger partial charge in [0, 0.05) is 11.6 Å². The predicted octanol–water partition coefficient (Wildman–Crippen LogP) is 5.10. The van der Waals surface area contributed by atoms with Crippen LogP contribution in [0.1, 0.15) is 43.1 Å². The highest BCUT2D eigenvalue weighted by Gasteiger charge is 2.18. The molecule has 1 aromatic heterocycles. The Kier molecular flexibility index (Phi) is 6.84. The van der Waals surface area contributed by atoms with E-state index in [1.54, 1.807) is 35.8 Å². The van der Waals surface area contributed by atoms with Gasteiger partial charge in [-0.2, -0.15) is 0 Å². The van der Waals surface area contributed by atoms with Crippen molar-refractivity contribution in [2.45, 2.75) is 32.6 Å². The van der Waals surface area contributed by atoms with E-state index in [1.807, 2.05) is 24.3 Å². The van der Waals surface area contributed by atoms with Crippen molar-refractivity contribution >= 4 is 34.0 Å². The first-order valence-electron chi connectivity index (χ1n) is 9.72. The second-order valence-corrected chi connectivity index (χ2v) is 8.33. The summed E-state index contributed by atoms with van der Waals surface area (Å²) in [4.78, 5) is 28.9. The minimum atomic E-state index is -0.345. The Labute approximate surface area is 180 Å². The lowest BCUT2D eigenvalue weighted by Gasteiger charge is -2.23. The van der Waals surface area contributed by atoms with Gasteiger partial charge in [0.1, 0.15) is 5.75 Å². The third-order valence-electron chi connectivity index (χ3n) is 4.99. The highest BCUT2D eigenvalue weighted by atomic mass is 32.1. The van der Waals surface area contributed by atoms with Crippen molar-refractivity contribution in [2.24, 2.45) is 0 Å². The van der Waals surface area contributed by atoms with E-state index in [4.69, 9.17) is 4.74 Å². The standard InChI is InChI=1S/C23H25N3O3S/c1-4-23(2,3)16-9-11-17(12-10-16)29-15-20(27)25-19-8-6-5-7-18(19)21(28)26-22-24-13-14-30-22/h5-14H,4,15H2,1-3H3,(H,25,27)(H,24,26,28). The molecule has 0 aliphatic rings. The van der Waals surface area contributed by atoms with Gasteiger partial charge in [0.25, 0.3) is 11.8 Å². The molecule has 2 aromatic carbocycles. The summed E-state index contributed by atoms with van der Waals surface area (Å²) in [6.07, 6.45) is 2.65. The number of carbonyl (C=O) groups excluding carboxylic acids is 2.